The molecule has 1 heterocycles. The Kier molecular flexibility index (Phi) is 2.34. The molecule has 0 bridgehead atoms. The van der Waals surface area contributed by atoms with Crippen molar-refractivity contribution in [2.45, 2.75) is 6.54 Å². The second-order valence-electron chi connectivity index (χ2n) is 2.48. The van der Waals surface area contributed by atoms with E-state index in [9.17, 15) is 0 Å². The van der Waals surface area contributed by atoms with Gasteiger partial charge in [-0.25, -0.2) is 9.97 Å². The van der Waals surface area contributed by atoms with Gasteiger partial charge in [0.05, 0.1) is 0 Å². The molecule has 0 atom stereocenters. The summed E-state index contributed by atoms with van der Waals surface area (Å²) in [5, 5.41) is 0. The van der Waals surface area contributed by atoms with E-state index in [0.717, 1.165) is 12.1 Å². The summed E-state index contributed by atoms with van der Waals surface area (Å²) in [4.78, 5) is 9.88. The second kappa shape index (κ2) is 3.27. The fourth-order valence-electron chi connectivity index (χ4n) is 0.777. The molecule has 0 aliphatic rings. The molecule has 1 aromatic rings. The molecular formula is C7H11N3. The highest BCUT2D eigenvalue weighted by molar-refractivity contribution is 5.01. The van der Waals surface area contributed by atoms with Crippen molar-refractivity contribution >= 4 is 0 Å². The molecule has 1 aromatic heterocycles. The van der Waals surface area contributed by atoms with Crippen LogP contribution >= 0.6 is 0 Å². The fourth-order valence-corrected chi connectivity index (χ4v) is 0.777. The summed E-state index contributed by atoms with van der Waals surface area (Å²) >= 11 is 0. The Bertz CT molecular complexity index is 183. The molecule has 0 amide bonds. The summed E-state index contributed by atoms with van der Waals surface area (Å²) in [7, 11) is 4.04. The van der Waals surface area contributed by atoms with Crippen molar-refractivity contribution < 1.29 is 0 Å². The van der Waals surface area contributed by atoms with Crippen molar-refractivity contribution in [3.8, 4) is 0 Å². The number of aromatic nitrogens is 2. The predicted octanol–water partition coefficient (Wildman–Crippen LogP) is 0.538. The number of rotatable bonds is 2. The third kappa shape index (κ3) is 2.11. The molecule has 0 N–H and O–H groups in total. The molecule has 0 unspecified atom stereocenters. The maximum absolute atomic E-state index is 3.90. The molecule has 54 valence electrons. The van der Waals surface area contributed by atoms with Crippen LogP contribution in [0.3, 0.4) is 0 Å². The summed E-state index contributed by atoms with van der Waals surface area (Å²) in [5.41, 5.74) is 1.15. The van der Waals surface area contributed by atoms with Crippen LogP contribution in [0.5, 0.6) is 0 Å². The van der Waals surface area contributed by atoms with Crippen molar-refractivity contribution in [1.29, 1.82) is 0 Å². The highest BCUT2D eigenvalue weighted by Crippen LogP contribution is 1.94. The van der Waals surface area contributed by atoms with Crippen LogP contribution in [0, 0.1) is 0 Å². The number of hydrogen-bond donors (Lipinski definition) is 0. The van der Waals surface area contributed by atoms with Crippen LogP contribution in [0.25, 0.3) is 0 Å². The molecule has 0 aromatic carbocycles. The van der Waals surface area contributed by atoms with Crippen molar-refractivity contribution in [2.75, 3.05) is 14.1 Å². The van der Waals surface area contributed by atoms with Crippen molar-refractivity contribution in [2.24, 2.45) is 0 Å². The Hall–Kier alpha value is -0.960. The van der Waals surface area contributed by atoms with Crippen LogP contribution in [-0.4, -0.2) is 29.0 Å². The minimum absolute atomic E-state index is 0.904. The van der Waals surface area contributed by atoms with E-state index in [4.69, 9.17) is 0 Å². The lowest BCUT2D eigenvalue weighted by atomic mass is 10.3. The molecule has 3 heteroatoms. The SMILES string of the molecule is CN(C)Cc1cncnc1. The first-order valence-electron chi connectivity index (χ1n) is 3.17. The average molecular weight is 137 g/mol. The molecule has 0 aliphatic carbocycles. The van der Waals surface area contributed by atoms with Gasteiger partial charge >= 0.3 is 0 Å². The lowest BCUT2D eigenvalue weighted by molar-refractivity contribution is 0.401. The van der Waals surface area contributed by atoms with E-state index in [1.807, 2.05) is 26.5 Å². The highest BCUT2D eigenvalue weighted by Gasteiger charge is 1.92. The zero-order chi connectivity index (χ0) is 7.40. The summed E-state index contributed by atoms with van der Waals surface area (Å²) in [6.45, 7) is 0.904. The lowest BCUT2D eigenvalue weighted by Crippen LogP contribution is -2.10. The van der Waals surface area contributed by atoms with E-state index in [1.54, 1.807) is 6.33 Å². The molecule has 0 spiro atoms. The molecule has 10 heavy (non-hydrogen) atoms. The van der Waals surface area contributed by atoms with E-state index < -0.39 is 0 Å². The minimum Gasteiger partial charge on any atom is -0.305 e. The largest absolute Gasteiger partial charge is 0.305 e. The normalized spacial score (nSPS) is 10.3. The maximum Gasteiger partial charge on any atom is 0.115 e. The molecule has 0 aliphatic heterocycles. The first kappa shape index (κ1) is 7.15. The van der Waals surface area contributed by atoms with Crippen LogP contribution in [0.4, 0.5) is 0 Å². The van der Waals surface area contributed by atoms with E-state index >= 15 is 0 Å². The fraction of sp³-hybridized carbons (Fsp3) is 0.429. The molecule has 0 fully saturated rings. The zero-order valence-corrected chi connectivity index (χ0v) is 6.28. The minimum atomic E-state index is 0.904. The lowest BCUT2D eigenvalue weighted by Gasteiger charge is -2.07. The van der Waals surface area contributed by atoms with E-state index in [0.29, 0.717) is 0 Å². The number of nitrogens with zero attached hydrogens (tertiary/aromatic N) is 3. The van der Waals surface area contributed by atoms with Gasteiger partial charge in [-0.1, -0.05) is 0 Å². The topological polar surface area (TPSA) is 29.0 Å². The van der Waals surface area contributed by atoms with Crippen LogP contribution in [-0.2, 0) is 6.54 Å². The van der Waals surface area contributed by atoms with Gasteiger partial charge in [0.2, 0.25) is 0 Å². The Morgan fingerprint density at radius 1 is 1.30 bits per heavy atom. The standard InChI is InChI=1S/C7H11N3/c1-10(2)5-7-3-8-6-9-4-7/h3-4,6H,5H2,1-2H3. The third-order valence-corrected chi connectivity index (χ3v) is 1.11. The van der Waals surface area contributed by atoms with Crippen molar-refractivity contribution in [3.63, 3.8) is 0 Å². The van der Waals surface area contributed by atoms with Gasteiger partial charge in [-0.15, -0.1) is 0 Å². The van der Waals surface area contributed by atoms with Crippen molar-refractivity contribution in [3.05, 3.63) is 24.3 Å². The van der Waals surface area contributed by atoms with Gasteiger partial charge in [0.25, 0.3) is 0 Å². The Labute approximate surface area is 60.7 Å². The summed E-state index contributed by atoms with van der Waals surface area (Å²) in [6, 6.07) is 0. The highest BCUT2D eigenvalue weighted by atomic mass is 15.1. The predicted molar refractivity (Wildman–Crippen MR) is 39.4 cm³/mol. The third-order valence-electron chi connectivity index (χ3n) is 1.11. The summed E-state index contributed by atoms with van der Waals surface area (Å²) in [5.74, 6) is 0. The van der Waals surface area contributed by atoms with Crippen LogP contribution in [0.2, 0.25) is 0 Å². The van der Waals surface area contributed by atoms with E-state index in [-0.39, 0.29) is 0 Å². The number of hydrogen-bond acceptors (Lipinski definition) is 3. The molecule has 1 rings (SSSR count). The first-order chi connectivity index (χ1) is 4.79. The van der Waals surface area contributed by atoms with Gasteiger partial charge in [-0.2, -0.15) is 0 Å². The first-order valence-corrected chi connectivity index (χ1v) is 3.17. The summed E-state index contributed by atoms with van der Waals surface area (Å²) < 4.78 is 0. The maximum atomic E-state index is 3.90. The zero-order valence-electron chi connectivity index (χ0n) is 6.28. The van der Waals surface area contributed by atoms with Crippen molar-refractivity contribution in [1.82, 2.24) is 14.9 Å². The van der Waals surface area contributed by atoms with E-state index in [2.05, 4.69) is 14.9 Å². The van der Waals surface area contributed by atoms with Gasteiger partial charge in [-0.05, 0) is 14.1 Å². The van der Waals surface area contributed by atoms with Gasteiger partial charge in [0.15, 0.2) is 0 Å². The molecule has 0 saturated carbocycles. The average Bonchev–Trinajstić information content (AvgIpc) is 1.88. The van der Waals surface area contributed by atoms with Crippen LogP contribution in [0.1, 0.15) is 5.56 Å². The van der Waals surface area contributed by atoms with E-state index in [1.165, 1.54) is 0 Å². The smallest absolute Gasteiger partial charge is 0.115 e. The quantitative estimate of drug-likeness (QED) is 0.595. The Balaban J connectivity index is 2.59. The van der Waals surface area contributed by atoms with Crippen LogP contribution in [0.15, 0.2) is 18.7 Å². The van der Waals surface area contributed by atoms with Crippen LogP contribution < -0.4 is 0 Å². The molecule has 0 saturated heterocycles. The monoisotopic (exact) mass is 137 g/mol. The molecular weight excluding hydrogens is 126 g/mol. The van der Waals surface area contributed by atoms with Gasteiger partial charge < -0.3 is 4.90 Å². The Morgan fingerprint density at radius 3 is 2.40 bits per heavy atom. The van der Waals surface area contributed by atoms with Gasteiger partial charge in [0, 0.05) is 24.5 Å². The van der Waals surface area contributed by atoms with Gasteiger partial charge in [0.1, 0.15) is 6.33 Å². The second-order valence-corrected chi connectivity index (χ2v) is 2.48. The Morgan fingerprint density at radius 2 is 1.90 bits per heavy atom. The summed E-state index contributed by atoms with van der Waals surface area (Å²) in [6.07, 6.45) is 5.19. The molecule has 3 nitrogen and oxygen atoms in total. The molecule has 0 radical (unpaired) electrons. The van der Waals surface area contributed by atoms with Gasteiger partial charge in [-0.3, -0.25) is 0 Å².